The van der Waals surface area contributed by atoms with Gasteiger partial charge in [-0.2, -0.15) is 0 Å². The van der Waals surface area contributed by atoms with E-state index in [4.69, 9.17) is 4.74 Å². The SMILES string of the molecule is CCc1ccc(NC(=O)CN2C(=O)N[C@](C)(Cc3ccccc3OC)C2=O)cc1. The van der Waals surface area contributed by atoms with Crippen LogP contribution in [0.15, 0.2) is 48.5 Å². The number of amides is 4. The number of methoxy groups -OCH3 is 1. The number of rotatable bonds is 7. The van der Waals surface area contributed by atoms with Crippen LogP contribution in [0.4, 0.5) is 10.5 Å². The molecule has 0 bridgehead atoms. The fourth-order valence-corrected chi connectivity index (χ4v) is 3.41. The molecule has 152 valence electrons. The van der Waals surface area contributed by atoms with E-state index in [-0.39, 0.29) is 13.0 Å². The largest absolute Gasteiger partial charge is 0.496 e. The maximum atomic E-state index is 12.9. The van der Waals surface area contributed by atoms with Crippen LogP contribution in [-0.2, 0) is 22.4 Å². The summed E-state index contributed by atoms with van der Waals surface area (Å²) in [6.07, 6.45) is 1.17. The lowest BCUT2D eigenvalue weighted by Gasteiger charge is -2.22. The summed E-state index contributed by atoms with van der Waals surface area (Å²) in [7, 11) is 1.56. The average molecular weight is 395 g/mol. The highest BCUT2D eigenvalue weighted by atomic mass is 16.5. The third-order valence-corrected chi connectivity index (χ3v) is 5.03. The second-order valence-corrected chi connectivity index (χ2v) is 7.24. The Morgan fingerprint density at radius 2 is 1.83 bits per heavy atom. The van der Waals surface area contributed by atoms with Crippen molar-refractivity contribution in [1.29, 1.82) is 0 Å². The molecule has 4 amide bonds. The van der Waals surface area contributed by atoms with Gasteiger partial charge in [0.2, 0.25) is 5.91 Å². The molecule has 1 aliphatic rings. The van der Waals surface area contributed by atoms with E-state index in [2.05, 4.69) is 10.6 Å². The van der Waals surface area contributed by atoms with Gasteiger partial charge in [-0.25, -0.2) is 4.79 Å². The number of para-hydroxylation sites is 1. The molecule has 1 atom stereocenters. The predicted octanol–water partition coefficient (Wildman–Crippen LogP) is 2.75. The quantitative estimate of drug-likeness (QED) is 0.706. The predicted molar refractivity (Wildman–Crippen MR) is 110 cm³/mol. The topological polar surface area (TPSA) is 87.7 Å². The number of ether oxygens (including phenoxy) is 1. The minimum absolute atomic E-state index is 0.262. The van der Waals surface area contributed by atoms with Gasteiger partial charge in [-0.05, 0) is 42.7 Å². The summed E-state index contributed by atoms with van der Waals surface area (Å²) < 4.78 is 5.34. The maximum Gasteiger partial charge on any atom is 0.325 e. The van der Waals surface area contributed by atoms with E-state index in [1.807, 2.05) is 37.3 Å². The summed E-state index contributed by atoms with van der Waals surface area (Å²) >= 11 is 0. The van der Waals surface area contributed by atoms with Crippen molar-refractivity contribution < 1.29 is 19.1 Å². The Hall–Kier alpha value is -3.35. The Morgan fingerprint density at radius 3 is 2.48 bits per heavy atom. The molecule has 7 heteroatoms. The number of nitrogens with zero attached hydrogens (tertiary/aromatic N) is 1. The molecule has 0 saturated carbocycles. The van der Waals surface area contributed by atoms with Gasteiger partial charge in [0, 0.05) is 12.1 Å². The summed E-state index contributed by atoms with van der Waals surface area (Å²) in [4.78, 5) is 38.7. The lowest BCUT2D eigenvalue weighted by atomic mass is 9.92. The van der Waals surface area contributed by atoms with E-state index in [1.165, 1.54) is 0 Å². The van der Waals surface area contributed by atoms with Crippen LogP contribution in [0.2, 0.25) is 0 Å². The zero-order valence-corrected chi connectivity index (χ0v) is 16.8. The molecule has 3 rings (SSSR count). The van der Waals surface area contributed by atoms with Crippen LogP contribution in [0.3, 0.4) is 0 Å². The Labute approximate surface area is 170 Å². The molecule has 1 saturated heterocycles. The molecule has 1 heterocycles. The number of aryl methyl sites for hydroxylation is 1. The van der Waals surface area contributed by atoms with Crippen molar-refractivity contribution >= 4 is 23.5 Å². The van der Waals surface area contributed by atoms with Gasteiger partial charge in [-0.1, -0.05) is 37.3 Å². The Balaban J connectivity index is 1.68. The number of imide groups is 1. The third kappa shape index (κ3) is 4.39. The monoisotopic (exact) mass is 395 g/mol. The van der Waals surface area contributed by atoms with E-state index in [0.29, 0.717) is 11.4 Å². The van der Waals surface area contributed by atoms with Crippen LogP contribution in [0.5, 0.6) is 5.75 Å². The highest BCUT2D eigenvalue weighted by Crippen LogP contribution is 2.27. The average Bonchev–Trinajstić information content (AvgIpc) is 2.92. The van der Waals surface area contributed by atoms with Crippen molar-refractivity contribution in [3.63, 3.8) is 0 Å². The highest BCUT2D eigenvalue weighted by Gasteiger charge is 2.48. The van der Waals surface area contributed by atoms with Gasteiger partial charge >= 0.3 is 6.03 Å². The first-order valence-corrected chi connectivity index (χ1v) is 9.51. The lowest BCUT2D eigenvalue weighted by Crippen LogP contribution is -2.46. The molecule has 1 fully saturated rings. The lowest BCUT2D eigenvalue weighted by molar-refractivity contribution is -0.133. The van der Waals surface area contributed by atoms with Crippen LogP contribution in [0.1, 0.15) is 25.0 Å². The van der Waals surface area contributed by atoms with Gasteiger partial charge in [-0.15, -0.1) is 0 Å². The zero-order valence-electron chi connectivity index (χ0n) is 16.8. The molecule has 0 aromatic heterocycles. The fourth-order valence-electron chi connectivity index (χ4n) is 3.41. The second-order valence-electron chi connectivity index (χ2n) is 7.24. The Morgan fingerprint density at radius 1 is 1.14 bits per heavy atom. The molecule has 0 spiro atoms. The zero-order chi connectivity index (χ0) is 21.0. The number of hydrogen-bond acceptors (Lipinski definition) is 4. The number of hydrogen-bond donors (Lipinski definition) is 2. The summed E-state index contributed by atoms with van der Waals surface area (Å²) in [6.45, 7) is 3.36. The van der Waals surface area contributed by atoms with Crippen LogP contribution in [0.25, 0.3) is 0 Å². The van der Waals surface area contributed by atoms with Crippen molar-refractivity contribution in [3.05, 3.63) is 59.7 Å². The van der Waals surface area contributed by atoms with Crippen molar-refractivity contribution in [2.45, 2.75) is 32.2 Å². The molecule has 7 nitrogen and oxygen atoms in total. The minimum Gasteiger partial charge on any atom is -0.496 e. The van der Waals surface area contributed by atoms with Crippen LogP contribution < -0.4 is 15.4 Å². The van der Waals surface area contributed by atoms with Gasteiger partial charge < -0.3 is 15.4 Å². The first-order valence-electron chi connectivity index (χ1n) is 9.51. The number of carbonyl (C=O) groups excluding carboxylic acids is 3. The Bertz CT molecular complexity index is 926. The number of carbonyl (C=O) groups is 3. The van der Waals surface area contributed by atoms with E-state index < -0.39 is 23.4 Å². The molecule has 0 radical (unpaired) electrons. The van der Waals surface area contributed by atoms with Crippen molar-refractivity contribution in [2.24, 2.45) is 0 Å². The first-order chi connectivity index (χ1) is 13.9. The fraction of sp³-hybridized carbons (Fsp3) is 0.318. The summed E-state index contributed by atoms with van der Waals surface area (Å²) in [5.41, 5.74) is 1.43. The van der Waals surface area contributed by atoms with E-state index in [1.54, 1.807) is 32.2 Å². The van der Waals surface area contributed by atoms with Gasteiger partial charge in [0.25, 0.3) is 5.91 Å². The smallest absolute Gasteiger partial charge is 0.325 e. The van der Waals surface area contributed by atoms with Crippen molar-refractivity contribution in [2.75, 3.05) is 19.0 Å². The number of urea groups is 1. The standard InChI is InChI=1S/C22H25N3O4/c1-4-15-9-11-17(12-10-15)23-19(26)14-25-20(27)22(2,24-21(25)28)13-16-7-5-6-8-18(16)29-3/h5-12H,4,13-14H2,1-3H3,(H,23,26)(H,24,28)/t22-/m1/s1. The molecule has 0 unspecified atom stereocenters. The molecular weight excluding hydrogens is 370 g/mol. The minimum atomic E-state index is -1.14. The molecule has 29 heavy (non-hydrogen) atoms. The summed E-state index contributed by atoms with van der Waals surface area (Å²) in [6, 6.07) is 14.2. The van der Waals surface area contributed by atoms with Gasteiger partial charge in [0.1, 0.15) is 17.8 Å². The van der Waals surface area contributed by atoms with Gasteiger partial charge in [0.05, 0.1) is 7.11 Å². The third-order valence-electron chi connectivity index (χ3n) is 5.03. The van der Waals surface area contributed by atoms with Crippen molar-refractivity contribution in [1.82, 2.24) is 10.2 Å². The maximum absolute atomic E-state index is 12.9. The number of nitrogens with one attached hydrogen (secondary N) is 2. The van der Waals surface area contributed by atoms with Crippen LogP contribution in [0, 0.1) is 0 Å². The normalized spacial score (nSPS) is 18.5. The first kappa shape index (κ1) is 20.4. The molecule has 1 aliphatic heterocycles. The van der Waals surface area contributed by atoms with Crippen LogP contribution >= 0.6 is 0 Å². The van der Waals surface area contributed by atoms with Crippen molar-refractivity contribution in [3.8, 4) is 5.75 Å². The van der Waals surface area contributed by atoms with Gasteiger partial charge in [-0.3, -0.25) is 14.5 Å². The molecular formula is C22H25N3O4. The van der Waals surface area contributed by atoms with E-state index in [0.717, 1.165) is 22.4 Å². The highest BCUT2D eigenvalue weighted by molar-refractivity contribution is 6.10. The van der Waals surface area contributed by atoms with E-state index in [9.17, 15) is 14.4 Å². The number of anilines is 1. The second kappa shape index (κ2) is 8.34. The summed E-state index contributed by atoms with van der Waals surface area (Å²) in [5.74, 6) is -0.230. The molecule has 0 aliphatic carbocycles. The number of benzene rings is 2. The van der Waals surface area contributed by atoms with Gasteiger partial charge in [0.15, 0.2) is 0 Å². The molecule has 2 aromatic carbocycles. The van der Waals surface area contributed by atoms with E-state index >= 15 is 0 Å². The Kier molecular flexibility index (Phi) is 5.87. The summed E-state index contributed by atoms with van der Waals surface area (Å²) in [5, 5.41) is 5.44. The molecule has 2 aromatic rings. The molecule has 2 N–H and O–H groups in total. The van der Waals surface area contributed by atoms with Crippen LogP contribution in [-0.4, -0.2) is 41.9 Å².